The minimum absolute atomic E-state index is 0.124. The lowest BCUT2D eigenvalue weighted by atomic mass is 10.2. The Kier molecular flexibility index (Phi) is 13.1. The molecule has 0 saturated heterocycles. The summed E-state index contributed by atoms with van der Waals surface area (Å²) in [5.74, 6) is 0.763. The predicted molar refractivity (Wildman–Crippen MR) is 159 cm³/mol. The van der Waals surface area contributed by atoms with Crippen molar-refractivity contribution in [3.05, 3.63) is 77.3 Å². The van der Waals surface area contributed by atoms with Gasteiger partial charge in [-0.25, -0.2) is 14.2 Å². The number of halogens is 1. The normalized spacial score (nSPS) is 10.7. The maximum Gasteiger partial charge on any atom is 0.251 e. The van der Waals surface area contributed by atoms with Gasteiger partial charge in [0.1, 0.15) is 5.75 Å². The number of fused-ring (bicyclic) bond motifs is 1. The van der Waals surface area contributed by atoms with Crippen molar-refractivity contribution in [3.8, 4) is 5.75 Å². The maximum absolute atomic E-state index is 13.2. The molecule has 208 valence electrons. The maximum atomic E-state index is 13.2. The summed E-state index contributed by atoms with van der Waals surface area (Å²) in [5, 5.41) is 15.1. The second kappa shape index (κ2) is 16.3. The number of carbonyl (C=O) groups excluding carboxylic acids is 1. The van der Waals surface area contributed by atoms with Crippen LogP contribution in [0.5, 0.6) is 5.75 Å². The van der Waals surface area contributed by atoms with Crippen molar-refractivity contribution in [3.63, 3.8) is 0 Å². The summed E-state index contributed by atoms with van der Waals surface area (Å²) in [5.41, 5.74) is 2.09. The number of rotatable bonds is 9. The highest BCUT2D eigenvalue weighted by Gasteiger charge is 2.16. The largest absolute Gasteiger partial charge is 0.497 e. The van der Waals surface area contributed by atoms with Gasteiger partial charge in [0.2, 0.25) is 0 Å². The fraction of sp³-hybridized carbons (Fsp3) is 0.250. The minimum atomic E-state index is -1.77. The van der Waals surface area contributed by atoms with E-state index < -0.39 is 11.0 Å². The van der Waals surface area contributed by atoms with Crippen molar-refractivity contribution < 1.29 is 18.8 Å². The zero-order valence-corrected chi connectivity index (χ0v) is 24.2. The highest BCUT2D eigenvalue weighted by molar-refractivity contribution is 7.86. The highest BCUT2D eigenvalue weighted by Crippen LogP contribution is 2.32. The number of benzene rings is 3. The van der Waals surface area contributed by atoms with Crippen LogP contribution in [0, 0.1) is 0 Å². The van der Waals surface area contributed by atoms with Crippen molar-refractivity contribution in [1.82, 2.24) is 15.3 Å². The third-order valence-electron chi connectivity index (χ3n) is 4.89. The standard InChI is InChI=1S/C24H22ClN5O4S.2C2H6/c1-34-16-9-10-18(25)21(14-16)29-22-23(28-20-8-3-2-7-19(20)27-22)30-35(33)17-6-4-5-15(13-17)24(32)26-11-12-31;2*1-2/h2-10,13-14,31H,11-12H2,1H3,(H,26,32)(H,27,29)(H,28,30);2*1-2H3. The van der Waals surface area contributed by atoms with E-state index in [1.165, 1.54) is 6.07 Å². The molecular weight excluding hydrogens is 538 g/mol. The quantitative estimate of drug-likeness (QED) is 0.196. The Morgan fingerprint density at radius 1 is 0.949 bits per heavy atom. The van der Waals surface area contributed by atoms with Gasteiger partial charge in [0.25, 0.3) is 5.91 Å². The molecule has 0 bridgehead atoms. The second-order valence-corrected chi connectivity index (χ2v) is 8.88. The van der Waals surface area contributed by atoms with E-state index in [9.17, 15) is 9.00 Å². The molecule has 4 rings (SSSR count). The first kappa shape index (κ1) is 31.5. The first-order valence-corrected chi connectivity index (χ1v) is 14.1. The fourth-order valence-corrected chi connectivity index (χ4v) is 4.22. The number of methoxy groups -OCH3 is 1. The van der Waals surface area contributed by atoms with E-state index in [1.54, 1.807) is 49.6 Å². The summed E-state index contributed by atoms with van der Waals surface area (Å²) < 4.78 is 21.4. The van der Waals surface area contributed by atoms with E-state index in [4.69, 9.17) is 21.4 Å². The molecule has 1 amide bonds. The third kappa shape index (κ3) is 8.64. The molecule has 1 aromatic heterocycles. The van der Waals surface area contributed by atoms with Gasteiger partial charge in [0, 0.05) is 18.2 Å². The molecule has 0 radical (unpaired) electrons. The number of nitrogens with one attached hydrogen (secondary N) is 3. The molecule has 39 heavy (non-hydrogen) atoms. The van der Waals surface area contributed by atoms with Crippen LogP contribution in [-0.4, -0.2) is 45.5 Å². The molecule has 4 N–H and O–H groups in total. The number of ether oxygens (including phenoxy) is 1. The number of hydrogen-bond acceptors (Lipinski definition) is 7. The van der Waals surface area contributed by atoms with Gasteiger partial charge >= 0.3 is 0 Å². The third-order valence-corrected chi connectivity index (χ3v) is 6.28. The van der Waals surface area contributed by atoms with E-state index >= 15 is 0 Å². The number of amides is 1. The van der Waals surface area contributed by atoms with Crippen molar-refractivity contribution in [1.29, 1.82) is 0 Å². The molecule has 0 saturated carbocycles. The topological polar surface area (TPSA) is 125 Å². The van der Waals surface area contributed by atoms with Crippen LogP contribution in [0.3, 0.4) is 0 Å². The van der Waals surface area contributed by atoms with Crippen LogP contribution in [0.25, 0.3) is 11.0 Å². The molecule has 1 heterocycles. The fourth-order valence-electron chi connectivity index (χ4n) is 3.18. The summed E-state index contributed by atoms with van der Waals surface area (Å²) in [6.07, 6.45) is 0. The first-order chi connectivity index (χ1) is 19.0. The molecular formula is C28H34ClN5O4S. The molecule has 0 aliphatic carbocycles. The van der Waals surface area contributed by atoms with E-state index in [0.717, 1.165) is 0 Å². The lowest BCUT2D eigenvalue weighted by Crippen LogP contribution is -2.26. The zero-order chi connectivity index (χ0) is 28.8. The summed E-state index contributed by atoms with van der Waals surface area (Å²) in [6.45, 7) is 7.95. The van der Waals surface area contributed by atoms with Crippen LogP contribution in [0.1, 0.15) is 38.1 Å². The lowest BCUT2D eigenvalue weighted by Gasteiger charge is -2.15. The number of hydrogen-bond donors (Lipinski definition) is 4. The van der Waals surface area contributed by atoms with E-state index in [1.807, 2.05) is 45.9 Å². The number of carbonyl (C=O) groups is 1. The Balaban J connectivity index is 0.00000127. The van der Waals surface area contributed by atoms with Crippen LogP contribution < -0.4 is 20.1 Å². The molecule has 0 aliphatic heterocycles. The van der Waals surface area contributed by atoms with Crippen LogP contribution in [0.2, 0.25) is 5.02 Å². The van der Waals surface area contributed by atoms with Gasteiger partial charge in [-0.1, -0.05) is 57.5 Å². The molecule has 3 aromatic carbocycles. The van der Waals surface area contributed by atoms with Gasteiger partial charge in [0.15, 0.2) is 22.6 Å². The second-order valence-electron chi connectivity index (χ2n) is 7.26. The van der Waals surface area contributed by atoms with Gasteiger partial charge in [-0.05, 0) is 42.5 Å². The average molecular weight is 572 g/mol. The molecule has 1 atom stereocenters. The molecule has 0 aliphatic rings. The number of nitrogens with zero attached hydrogens (tertiary/aromatic N) is 2. The Morgan fingerprint density at radius 2 is 1.62 bits per heavy atom. The van der Waals surface area contributed by atoms with Crippen molar-refractivity contribution in [2.24, 2.45) is 0 Å². The summed E-state index contributed by atoms with van der Waals surface area (Å²) in [6, 6.07) is 18.8. The Bertz CT molecular complexity index is 1400. The van der Waals surface area contributed by atoms with Crippen molar-refractivity contribution >= 4 is 56.9 Å². The number of para-hydroxylation sites is 2. The molecule has 0 fully saturated rings. The van der Waals surface area contributed by atoms with Crippen molar-refractivity contribution in [2.45, 2.75) is 32.6 Å². The smallest absolute Gasteiger partial charge is 0.251 e. The minimum Gasteiger partial charge on any atom is -0.497 e. The average Bonchev–Trinajstić information content (AvgIpc) is 2.99. The van der Waals surface area contributed by atoms with E-state index in [2.05, 4.69) is 25.3 Å². The highest BCUT2D eigenvalue weighted by atomic mass is 35.5. The van der Waals surface area contributed by atoms with Gasteiger partial charge in [-0.15, -0.1) is 0 Å². The Labute approximate surface area is 236 Å². The predicted octanol–water partition coefficient (Wildman–Crippen LogP) is 5.94. The summed E-state index contributed by atoms with van der Waals surface area (Å²) >= 11 is 6.36. The monoisotopic (exact) mass is 571 g/mol. The van der Waals surface area contributed by atoms with Crippen LogP contribution in [0.15, 0.2) is 71.6 Å². The first-order valence-electron chi connectivity index (χ1n) is 12.5. The van der Waals surface area contributed by atoms with E-state index in [-0.39, 0.29) is 24.9 Å². The summed E-state index contributed by atoms with van der Waals surface area (Å²) in [4.78, 5) is 21.8. The van der Waals surface area contributed by atoms with Crippen LogP contribution in [0.4, 0.5) is 17.3 Å². The molecule has 9 nitrogen and oxygen atoms in total. The van der Waals surface area contributed by atoms with Gasteiger partial charge < -0.3 is 20.5 Å². The number of aliphatic hydroxyl groups excluding tert-OH is 1. The number of aromatic nitrogens is 2. The van der Waals surface area contributed by atoms with Gasteiger partial charge in [-0.3, -0.25) is 9.52 Å². The van der Waals surface area contributed by atoms with Crippen LogP contribution >= 0.6 is 11.6 Å². The number of aliphatic hydroxyl groups is 1. The lowest BCUT2D eigenvalue weighted by molar-refractivity contribution is 0.0944. The van der Waals surface area contributed by atoms with E-state index in [0.29, 0.717) is 43.8 Å². The van der Waals surface area contributed by atoms with Gasteiger partial charge in [-0.2, -0.15) is 0 Å². The Hall–Kier alpha value is -3.73. The van der Waals surface area contributed by atoms with Crippen LogP contribution in [-0.2, 0) is 11.0 Å². The molecule has 11 heteroatoms. The Morgan fingerprint density at radius 3 is 2.26 bits per heavy atom. The van der Waals surface area contributed by atoms with Gasteiger partial charge in [0.05, 0.1) is 40.4 Å². The zero-order valence-electron chi connectivity index (χ0n) is 22.6. The summed E-state index contributed by atoms with van der Waals surface area (Å²) in [7, 11) is -0.216. The van der Waals surface area contributed by atoms with Crippen molar-refractivity contribution in [2.75, 3.05) is 30.3 Å². The SMILES string of the molecule is CC.CC.COc1ccc(Cl)c(Nc2nc3ccccc3nc2NS(=O)c2cccc(C(=O)NCCO)c2)c1. The number of anilines is 3. The molecule has 1 unspecified atom stereocenters. The molecule has 4 aromatic rings. The molecule has 0 spiro atoms.